The van der Waals surface area contributed by atoms with Crippen molar-refractivity contribution in [2.24, 2.45) is 11.7 Å². The lowest BCUT2D eigenvalue weighted by atomic mass is 10.2. The summed E-state index contributed by atoms with van der Waals surface area (Å²) in [5.74, 6) is 0.657. The Morgan fingerprint density at radius 2 is 1.94 bits per heavy atom. The van der Waals surface area contributed by atoms with Gasteiger partial charge in [0, 0.05) is 29.1 Å². The topological polar surface area (TPSA) is 72.2 Å². The minimum absolute atomic E-state index is 0.0822. The molecule has 96 valence electrons. The molecule has 0 bridgehead atoms. The fraction of sp³-hybridized carbons (Fsp3) is 0.909. The maximum absolute atomic E-state index is 11.8. The van der Waals surface area contributed by atoms with Crippen LogP contribution in [0.15, 0.2) is 0 Å². The van der Waals surface area contributed by atoms with E-state index in [0.29, 0.717) is 18.2 Å². The second-order valence-corrected chi connectivity index (χ2v) is 6.30. The van der Waals surface area contributed by atoms with Gasteiger partial charge in [0.25, 0.3) is 0 Å². The van der Waals surface area contributed by atoms with Gasteiger partial charge in [-0.15, -0.1) is 0 Å². The van der Waals surface area contributed by atoms with E-state index in [1.807, 2.05) is 20.8 Å². The molecule has 4 nitrogen and oxygen atoms in total. The molecule has 0 aliphatic heterocycles. The zero-order chi connectivity index (χ0) is 12.7. The molecule has 0 aromatic rings. The molecule has 0 saturated carbocycles. The van der Waals surface area contributed by atoms with Gasteiger partial charge in [-0.25, -0.2) is 0 Å². The van der Waals surface area contributed by atoms with Crippen LogP contribution in [-0.4, -0.2) is 33.7 Å². The quantitative estimate of drug-likeness (QED) is 0.694. The van der Waals surface area contributed by atoms with Gasteiger partial charge in [0.15, 0.2) is 0 Å². The summed E-state index contributed by atoms with van der Waals surface area (Å²) in [7, 11) is -1.18. The molecule has 0 aromatic carbocycles. The smallest absolute Gasteiger partial charge is 0.235 e. The van der Waals surface area contributed by atoms with E-state index < -0.39 is 16.0 Å². The second-order valence-electron chi connectivity index (χ2n) is 4.50. The summed E-state index contributed by atoms with van der Waals surface area (Å²) in [5, 5.41) is 2.31. The van der Waals surface area contributed by atoms with E-state index in [9.17, 15) is 9.00 Å². The van der Waals surface area contributed by atoms with Crippen molar-refractivity contribution in [3.8, 4) is 0 Å². The summed E-state index contributed by atoms with van der Waals surface area (Å²) < 4.78 is 11.8. The van der Waals surface area contributed by atoms with E-state index in [2.05, 4.69) is 5.32 Å². The molecule has 0 radical (unpaired) electrons. The Morgan fingerprint density at radius 3 is 2.38 bits per heavy atom. The van der Waals surface area contributed by atoms with Crippen LogP contribution in [0.5, 0.6) is 0 Å². The SMILES string of the molecule is CCC(N)CS(=O)C(C)C(=O)NCC(C)C. The molecule has 3 atom stereocenters. The Morgan fingerprint density at radius 1 is 1.38 bits per heavy atom. The zero-order valence-corrected chi connectivity index (χ0v) is 11.5. The predicted molar refractivity (Wildman–Crippen MR) is 68.6 cm³/mol. The van der Waals surface area contributed by atoms with Crippen molar-refractivity contribution in [1.82, 2.24) is 5.32 Å². The number of hydrogen-bond acceptors (Lipinski definition) is 3. The van der Waals surface area contributed by atoms with Crippen molar-refractivity contribution < 1.29 is 9.00 Å². The molecule has 0 spiro atoms. The number of amides is 1. The van der Waals surface area contributed by atoms with Crippen LogP contribution in [0.3, 0.4) is 0 Å². The average Bonchev–Trinajstić information content (AvgIpc) is 2.24. The van der Waals surface area contributed by atoms with Crippen molar-refractivity contribution >= 4 is 16.7 Å². The van der Waals surface area contributed by atoms with Crippen LogP contribution in [0.4, 0.5) is 0 Å². The maximum atomic E-state index is 11.8. The molecule has 1 amide bonds. The van der Waals surface area contributed by atoms with E-state index in [-0.39, 0.29) is 11.9 Å². The van der Waals surface area contributed by atoms with Crippen molar-refractivity contribution in [3.05, 3.63) is 0 Å². The number of carbonyl (C=O) groups excluding carboxylic acids is 1. The van der Waals surface area contributed by atoms with E-state index in [1.165, 1.54) is 0 Å². The van der Waals surface area contributed by atoms with Crippen molar-refractivity contribution in [3.63, 3.8) is 0 Å². The third-order valence-corrected chi connectivity index (χ3v) is 4.11. The standard InChI is InChI=1S/C11H24N2O2S/c1-5-10(12)7-16(15)9(4)11(14)13-6-8(2)3/h8-10H,5-7,12H2,1-4H3,(H,13,14). The Hall–Kier alpha value is -0.420. The number of rotatable bonds is 7. The Labute approximate surface area is 101 Å². The molecular formula is C11H24N2O2S. The lowest BCUT2D eigenvalue weighted by molar-refractivity contribution is -0.120. The van der Waals surface area contributed by atoms with Gasteiger partial charge in [0.05, 0.1) is 0 Å². The molecule has 3 unspecified atom stereocenters. The minimum atomic E-state index is -1.18. The predicted octanol–water partition coefficient (Wildman–Crippen LogP) is 0.633. The summed E-state index contributed by atoms with van der Waals surface area (Å²) in [4.78, 5) is 11.6. The lowest BCUT2D eigenvalue weighted by Crippen LogP contribution is -2.40. The first-order valence-electron chi connectivity index (χ1n) is 5.78. The van der Waals surface area contributed by atoms with Crippen LogP contribution >= 0.6 is 0 Å². The fourth-order valence-corrected chi connectivity index (χ4v) is 2.31. The number of nitrogens with two attached hydrogens (primary N) is 1. The van der Waals surface area contributed by atoms with E-state index >= 15 is 0 Å². The third-order valence-electron chi connectivity index (χ3n) is 2.35. The highest BCUT2D eigenvalue weighted by atomic mass is 32.2. The van der Waals surface area contributed by atoms with Gasteiger partial charge in [-0.3, -0.25) is 9.00 Å². The molecule has 3 N–H and O–H groups in total. The molecule has 0 rings (SSSR count). The van der Waals surface area contributed by atoms with Gasteiger partial charge in [-0.1, -0.05) is 20.8 Å². The second kappa shape index (κ2) is 7.79. The minimum Gasteiger partial charge on any atom is -0.355 e. The molecule has 0 aliphatic rings. The van der Waals surface area contributed by atoms with E-state index in [0.717, 1.165) is 6.42 Å². The first kappa shape index (κ1) is 15.6. The summed E-state index contributed by atoms with van der Waals surface area (Å²) in [5.41, 5.74) is 5.71. The van der Waals surface area contributed by atoms with E-state index in [1.54, 1.807) is 6.92 Å². The largest absolute Gasteiger partial charge is 0.355 e. The van der Waals surface area contributed by atoms with Crippen LogP contribution in [0.2, 0.25) is 0 Å². The summed E-state index contributed by atoms with van der Waals surface area (Å²) >= 11 is 0. The molecule has 16 heavy (non-hydrogen) atoms. The summed E-state index contributed by atoms with van der Waals surface area (Å²) in [6, 6.07) is -0.0822. The third kappa shape index (κ3) is 6.23. The van der Waals surface area contributed by atoms with Crippen LogP contribution in [-0.2, 0) is 15.6 Å². The molecule has 0 heterocycles. The summed E-state index contributed by atoms with van der Waals surface area (Å²) in [6.07, 6.45) is 0.784. The monoisotopic (exact) mass is 248 g/mol. The number of carbonyl (C=O) groups is 1. The fourth-order valence-electron chi connectivity index (χ4n) is 1.04. The van der Waals surface area contributed by atoms with Crippen LogP contribution in [0.25, 0.3) is 0 Å². The van der Waals surface area contributed by atoms with Crippen molar-refractivity contribution in [2.75, 3.05) is 12.3 Å². The number of hydrogen-bond donors (Lipinski definition) is 2. The van der Waals surface area contributed by atoms with Gasteiger partial charge in [-0.05, 0) is 19.3 Å². The Balaban J connectivity index is 4.06. The highest BCUT2D eigenvalue weighted by Crippen LogP contribution is 2.01. The normalized spacial score (nSPS) is 16.9. The lowest BCUT2D eigenvalue weighted by Gasteiger charge is -2.15. The molecule has 0 aliphatic carbocycles. The molecular weight excluding hydrogens is 224 g/mol. The zero-order valence-electron chi connectivity index (χ0n) is 10.7. The van der Waals surface area contributed by atoms with E-state index in [4.69, 9.17) is 5.73 Å². The first-order chi connectivity index (χ1) is 7.38. The van der Waals surface area contributed by atoms with Gasteiger partial charge in [0.1, 0.15) is 5.25 Å². The summed E-state index contributed by atoms with van der Waals surface area (Å²) in [6.45, 7) is 8.31. The maximum Gasteiger partial charge on any atom is 0.235 e. The van der Waals surface area contributed by atoms with Crippen LogP contribution in [0.1, 0.15) is 34.1 Å². The molecule has 0 saturated heterocycles. The molecule has 5 heteroatoms. The highest BCUT2D eigenvalue weighted by molar-refractivity contribution is 7.86. The Bertz CT molecular complexity index is 244. The van der Waals surface area contributed by atoms with Gasteiger partial charge in [-0.2, -0.15) is 0 Å². The van der Waals surface area contributed by atoms with Gasteiger partial charge in [0.2, 0.25) is 5.91 Å². The number of nitrogens with one attached hydrogen (secondary N) is 1. The van der Waals surface area contributed by atoms with Crippen molar-refractivity contribution in [2.45, 2.75) is 45.4 Å². The van der Waals surface area contributed by atoms with Gasteiger partial charge >= 0.3 is 0 Å². The van der Waals surface area contributed by atoms with Gasteiger partial charge < -0.3 is 11.1 Å². The highest BCUT2D eigenvalue weighted by Gasteiger charge is 2.21. The van der Waals surface area contributed by atoms with Crippen LogP contribution in [0, 0.1) is 5.92 Å². The molecule has 0 fully saturated rings. The Kier molecular flexibility index (Phi) is 7.58. The van der Waals surface area contributed by atoms with Crippen LogP contribution < -0.4 is 11.1 Å². The molecule has 0 aromatic heterocycles. The van der Waals surface area contributed by atoms with Crippen molar-refractivity contribution in [1.29, 1.82) is 0 Å². The average molecular weight is 248 g/mol. The first-order valence-corrected chi connectivity index (χ1v) is 7.17.